The van der Waals surface area contributed by atoms with Gasteiger partial charge in [-0.3, -0.25) is 4.79 Å². The van der Waals surface area contributed by atoms with E-state index in [9.17, 15) is 4.79 Å². The first-order valence-electron chi connectivity index (χ1n) is 4.54. The van der Waals surface area contributed by atoms with Crippen molar-refractivity contribution >= 4 is 5.97 Å². The summed E-state index contributed by atoms with van der Waals surface area (Å²) in [6.07, 6.45) is 2.54. The molecule has 0 unspecified atom stereocenters. The zero-order chi connectivity index (χ0) is 8.97. The monoisotopic (exact) mass is 171 g/mol. The molecule has 1 rings (SSSR count). The van der Waals surface area contributed by atoms with E-state index in [1.165, 1.54) is 20.0 Å². The maximum absolute atomic E-state index is 11.1. The molecule has 0 amide bonds. The largest absolute Gasteiger partial charge is 0.469 e. The van der Waals surface area contributed by atoms with Crippen molar-refractivity contribution in [2.45, 2.75) is 19.8 Å². The van der Waals surface area contributed by atoms with Gasteiger partial charge >= 0.3 is 5.97 Å². The highest BCUT2D eigenvalue weighted by molar-refractivity contribution is 5.72. The average molecular weight is 171 g/mol. The summed E-state index contributed by atoms with van der Waals surface area (Å²) in [5, 5.41) is 0. The van der Waals surface area contributed by atoms with Crippen molar-refractivity contribution in [3.63, 3.8) is 0 Å². The van der Waals surface area contributed by atoms with E-state index in [0.29, 0.717) is 0 Å². The van der Waals surface area contributed by atoms with E-state index in [1.54, 1.807) is 0 Å². The minimum Gasteiger partial charge on any atom is -0.469 e. The van der Waals surface area contributed by atoms with Gasteiger partial charge in [-0.05, 0) is 25.9 Å². The van der Waals surface area contributed by atoms with Crippen LogP contribution in [0, 0.1) is 5.92 Å². The summed E-state index contributed by atoms with van der Waals surface area (Å²) in [5.41, 5.74) is 0. The van der Waals surface area contributed by atoms with Gasteiger partial charge in [0.1, 0.15) is 0 Å². The number of nitrogens with zero attached hydrogens (tertiary/aromatic N) is 1. The van der Waals surface area contributed by atoms with Gasteiger partial charge in [0.15, 0.2) is 0 Å². The van der Waals surface area contributed by atoms with Gasteiger partial charge in [0, 0.05) is 6.54 Å². The van der Waals surface area contributed by atoms with Crippen LogP contribution in [-0.4, -0.2) is 37.6 Å². The molecule has 1 saturated heterocycles. The number of ether oxygens (including phenoxy) is 1. The predicted octanol–water partition coefficient (Wildman–Crippen LogP) is 0.891. The number of hydrogen-bond acceptors (Lipinski definition) is 3. The lowest BCUT2D eigenvalue weighted by Crippen LogP contribution is -2.30. The molecule has 3 heteroatoms. The standard InChI is InChI=1S/C9H17NO2/c1-8(9(11)12-2)7-10-5-3-4-6-10/h8H,3-7H2,1-2H3/t8-/m1/s1. The summed E-state index contributed by atoms with van der Waals surface area (Å²) in [6.45, 7) is 5.06. The van der Waals surface area contributed by atoms with Crippen LogP contribution in [-0.2, 0) is 9.53 Å². The fourth-order valence-corrected chi connectivity index (χ4v) is 1.63. The molecule has 0 bridgehead atoms. The number of methoxy groups -OCH3 is 1. The molecule has 1 aliphatic rings. The first-order valence-corrected chi connectivity index (χ1v) is 4.54. The van der Waals surface area contributed by atoms with E-state index in [0.717, 1.165) is 19.6 Å². The molecule has 0 aromatic heterocycles. The minimum absolute atomic E-state index is 0.0214. The third kappa shape index (κ3) is 2.48. The molecule has 0 aliphatic carbocycles. The van der Waals surface area contributed by atoms with Crippen LogP contribution in [0.15, 0.2) is 0 Å². The predicted molar refractivity (Wildman–Crippen MR) is 46.9 cm³/mol. The average Bonchev–Trinajstić information content (AvgIpc) is 2.55. The van der Waals surface area contributed by atoms with Gasteiger partial charge in [-0.2, -0.15) is 0 Å². The van der Waals surface area contributed by atoms with Crippen molar-refractivity contribution in [2.24, 2.45) is 5.92 Å². The molecule has 0 radical (unpaired) electrons. The van der Waals surface area contributed by atoms with Crippen LogP contribution in [0.2, 0.25) is 0 Å². The zero-order valence-corrected chi connectivity index (χ0v) is 7.88. The first kappa shape index (κ1) is 9.52. The van der Waals surface area contributed by atoms with Crippen LogP contribution < -0.4 is 0 Å². The Balaban J connectivity index is 2.24. The molecule has 3 nitrogen and oxygen atoms in total. The van der Waals surface area contributed by atoms with E-state index in [2.05, 4.69) is 9.64 Å². The second-order valence-corrected chi connectivity index (χ2v) is 3.43. The quantitative estimate of drug-likeness (QED) is 0.591. The second-order valence-electron chi connectivity index (χ2n) is 3.43. The van der Waals surface area contributed by atoms with E-state index < -0.39 is 0 Å². The Morgan fingerprint density at radius 3 is 2.58 bits per heavy atom. The summed E-state index contributed by atoms with van der Waals surface area (Å²) in [6, 6.07) is 0. The van der Waals surface area contributed by atoms with Crippen LogP contribution in [0.5, 0.6) is 0 Å². The molecule has 1 atom stereocenters. The Morgan fingerprint density at radius 2 is 2.08 bits per heavy atom. The Hall–Kier alpha value is -0.570. The second kappa shape index (κ2) is 4.45. The molecule has 0 aromatic carbocycles. The maximum atomic E-state index is 11.1. The van der Waals surface area contributed by atoms with Gasteiger partial charge in [-0.15, -0.1) is 0 Å². The molecule has 0 saturated carbocycles. The van der Waals surface area contributed by atoms with Crippen LogP contribution in [0.3, 0.4) is 0 Å². The van der Waals surface area contributed by atoms with Crippen molar-refractivity contribution < 1.29 is 9.53 Å². The lowest BCUT2D eigenvalue weighted by Gasteiger charge is -2.17. The molecule has 0 spiro atoms. The van der Waals surface area contributed by atoms with Crippen LogP contribution in [0.1, 0.15) is 19.8 Å². The van der Waals surface area contributed by atoms with Gasteiger partial charge in [0.05, 0.1) is 13.0 Å². The lowest BCUT2D eigenvalue weighted by atomic mass is 10.2. The van der Waals surface area contributed by atoms with Crippen molar-refractivity contribution in [3.05, 3.63) is 0 Å². The molecule has 70 valence electrons. The topological polar surface area (TPSA) is 29.5 Å². The van der Waals surface area contributed by atoms with Gasteiger partial charge in [-0.1, -0.05) is 6.92 Å². The molecule has 1 fully saturated rings. The van der Waals surface area contributed by atoms with Crippen LogP contribution >= 0.6 is 0 Å². The lowest BCUT2D eigenvalue weighted by molar-refractivity contribution is -0.145. The third-order valence-corrected chi connectivity index (χ3v) is 2.33. The molecule has 0 aromatic rings. The van der Waals surface area contributed by atoms with Crippen LogP contribution in [0.4, 0.5) is 0 Å². The molecule has 1 aliphatic heterocycles. The highest BCUT2D eigenvalue weighted by Gasteiger charge is 2.19. The summed E-state index contributed by atoms with van der Waals surface area (Å²) < 4.78 is 4.66. The van der Waals surface area contributed by atoms with Crippen molar-refractivity contribution in [1.82, 2.24) is 4.90 Å². The fraction of sp³-hybridized carbons (Fsp3) is 0.889. The summed E-state index contributed by atoms with van der Waals surface area (Å²) in [4.78, 5) is 13.4. The normalized spacial score (nSPS) is 20.8. The highest BCUT2D eigenvalue weighted by atomic mass is 16.5. The van der Waals surface area contributed by atoms with E-state index in [-0.39, 0.29) is 11.9 Å². The van der Waals surface area contributed by atoms with E-state index in [4.69, 9.17) is 0 Å². The number of esters is 1. The maximum Gasteiger partial charge on any atom is 0.309 e. The first-order chi connectivity index (χ1) is 5.74. The number of carbonyl (C=O) groups is 1. The summed E-state index contributed by atoms with van der Waals surface area (Å²) in [5.74, 6) is -0.0741. The summed E-state index contributed by atoms with van der Waals surface area (Å²) in [7, 11) is 1.45. The highest BCUT2D eigenvalue weighted by Crippen LogP contribution is 2.10. The van der Waals surface area contributed by atoms with Gasteiger partial charge in [0.25, 0.3) is 0 Å². The zero-order valence-electron chi connectivity index (χ0n) is 7.88. The van der Waals surface area contributed by atoms with E-state index >= 15 is 0 Å². The number of hydrogen-bond donors (Lipinski definition) is 0. The summed E-state index contributed by atoms with van der Waals surface area (Å²) >= 11 is 0. The van der Waals surface area contributed by atoms with Crippen LogP contribution in [0.25, 0.3) is 0 Å². The number of likely N-dealkylation sites (tertiary alicyclic amines) is 1. The molecule has 1 heterocycles. The van der Waals surface area contributed by atoms with Gasteiger partial charge in [-0.25, -0.2) is 0 Å². The Morgan fingerprint density at radius 1 is 1.50 bits per heavy atom. The Labute approximate surface area is 73.7 Å². The van der Waals surface area contributed by atoms with Crippen molar-refractivity contribution in [2.75, 3.05) is 26.7 Å². The smallest absolute Gasteiger partial charge is 0.309 e. The van der Waals surface area contributed by atoms with Gasteiger partial charge in [0.2, 0.25) is 0 Å². The minimum atomic E-state index is -0.0955. The molecular formula is C9H17NO2. The van der Waals surface area contributed by atoms with Crippen molar-refractivity contribution in [1.29, 1.82) is 0 Å². The van der Waals surface area contributed by atoms with Crippen molar-refractivity contribution in [3.8, 4) is 0 Å². The Kier molecular flexibility index (Phi) is 3.53. The number of rotatable bonds is 3. The fourth-order valence-electron chi connectivity index (χ4n) is 1.63. The van der Waals surface area contributed by atoms with Gasteiger partial charge < -0.3 is 9.64 Å². The number of carbonyl (C=O) groups excluding carboxylic acids is 1. The third-order valence-electron chi connectivity index (χ3n) is 2.33. The van der Waals surface area contributed by atoms with E-state index in [1.807, 2.05) is 6.92 Å². The molecule has 12 heavy (non-hydrogen) atoms. The Bertz CT molecular complexity index is 153. The molecular weight excluding hydrogens is 154 g/mol. The SMILES string of the molecule is COC(=O)[C@H](C)CN1CCCC1. The molecule has 0 N–H and O–H groups in total.